The Hall–Kier alpha value is -1.16. The Morgan fingerprint density at radius 3 is 2.38 bits per heavy atom. The number of aldehydes is 1. The average molecular weight is 230 g/mol. The summed E-state index contributed by atoms with van der Waals surface area (Å²) in [5, 5.41) is 0. The van der Waals surface area contributed by atoms with Crippen molar-refractivity contribution in [1.82, 2.24) is 0 Å². The Kier molecular flexibility index (Phi) is 14.9. The van der Waals surface area contributed by atoms with Gasteiger partial charge in [-0.15, -0.1) is 6.58 Å². The van der Waals surface area contributed by atoms with Crippen molar-refractivity contribution in [2.24, 2.45) is 0 Å². The summed E-state index contributed by atoms with van der Waals surface area (Å²) in [7, 11) is 0. The summed E-state index contributed by atoms with van der Waals surface area (Å²) in [5.74, 6) is -0.269. The van der Waals surface area contributed by atoms with E-state index in [2.05, 4.69) is 13.5 Å². The fourth-order valence-corrected chi connectivity index (χ4v) is 0.939. The zero-order valence-corrected chi connectivity index (χ0v) is 10.4. The first kappa shape index (κ1) is 17.2. The Morgan fingerprint density at radius 2 is 2.00 bits per heavy atom. The summed E-state index contributed by atoms with van der Waals surface area (Å²) in [6, 6.07) is 0. The fourth-order valence-electron chi connectivity index (χ4n) is 0.939. The highest BCUT2D eigenvalue weighted by atomic mass is 16.6. The molecule has 0 aromatic rings. The Morgan fingerprint density at radius 1 is 1.44 bits per heavy atom. The zero-order chi connectivity index (χ0) is 12.8. The van der Waals surface area contributed by atoms with Crippen LogP contribution in [0, 0.1) is 0 Å². The lowest BCUT2D eigenvalue weighted by atomic mass is 10.2. The van der Waals surface area contributed by atoms with Crippen molar-refractivity contribution < 1.29 is 19.1 Å². The molecule has 0 fully saturated rings. The van der Waals surface area contributed by atoms with Gasteiger partial charge in [-0.3, -0.25) is 4.79 Å². The van der Waals surface area contributed by atoms with Gasteiger partial charge in [-0.25, -0.2) is 0 Å². The highest BCUT2D eigenvalue weighted by molar-refractivity contribution is 5.65. The molecule has 0 spiro atoms. The lowest BCUT2D eigenvalue weighted by molar-refractivity contribution is -0.142. The second kappa shape index (κ2) is 13.8. The molecule has 0 bridgehead atoms. The first-order valence-corrected chi connectivity index (χ1v) is 5.39. The van der Waals surface area contributed by atoms with Crippen molar-refractivity contribution in [3.05, 3.63) is 12.7 Å². The smallest absolute Gasteiger partial charge is 0.302 e. The lowest BCUT2D eigenvalue weighted by Gasteiger charge is -2.12. The van der Waals surface area contributed by atoms with E-state index in [4.69, 9.17) is 14.3 Å². The third-order valence-electron chi connectivity index (χ3n) is 1.56. The Balaban J connectivity index is 0. The van der Waals surface area contributed by atoms with Gasteiger partial charge in [-0.05, 0) is 13.3 Å². The van der Waals surface area contributed by atoms with Crippen LogP contribution in [0.1, 0.15) is 33.6 Å². The van der Waals surface area contributed by atoms with Crippen LogP contribution < -0.4 is 0 Å². The maximum Gasteiger partial charge on any atom is 0.302 e. The molecule has 0 saturated heterocycles. The van der Waals surface area contributed by atoms with Crippen LogP contribution in [-0.4, -0.2) is 31.6 Å². The highest BCUT2D eigenvalue weighted by Gasteiger charge is 2.02. The summed E-state index contributed by atoms with van der Waals surface area (Å²) < 4.78 is 10.1. The summed E-state index contributed by atoms with van der Waals surface area (Å²) in [5.41, 5.74) is 0. The van der Waals surface area contributed by atoms with Crippen molar-refractivity contribution >= 4 is 12.3 Å². The van der Waals surface area contributed by atoms with Crippen molar-refractivity contribution in [2.45, 2.75) is 39.7 Å². The SMILES string of the molecule is C=CC(CCC)OCCOC(C)=O.CC=O. The van der Waals surface area contributed by atoms with E-state index in [0.717, 1.165) is 19.1 Å². The van der Waals surface area contributed by atoms with Gasteiger partial charge in [-0.2, -0.15) is 0 Å². The largest absolute Gasteiger partial charge is 0.463 e. The molecule has 0 aromatic heterocycles. The molecular weight excluding hydrogens is 208 g/mol. The molecule has 1 atom stereocenters. The first-order chi connectivity index (χ1) is 7.62. The lowest BCUT2D eigenvalue weighted by Crippen LogP contribution is -2.14. The molecule has 0 radical (unpaired) electrons. The van der Waals surface area contributed by atoms with E-state index in [9.17, 15) is 4.79 Å². The van der Waals surface area contributed by atoms with Crippen LogP contribution >= 0.6 is 0 Å². The predicted molar refractivity (Wildman–Crippen MR) is 63.2 cm³/mol. The van der Waals surface area contributed by atoms with Crippen molar-refractivity contribution in [1.29, 1.82) is 0 Å². The van der Waals surface area contributed by atoms with Crippen molar-refractivity contribution in [3.8, 4) is 0 Å². The second-order valence-corrected chi connectivity index (χ2v) is 3.01. The average Bonchev–Trinajstić information content (AvgIpc) is 2.23. The maximum absolute atomic E-state index is 10.4. The number of esters is 1. The predicted octanol–water partition coefficient (Wildman–Crippen LogP) is 2.13. The van der Waals surface area contributed by atoms with Gasteiger partial charge in [0.15, 0.2) is 0 Å². The monoisotopic (exact) mass is 230 g/mol. The van der Waals surface area contributed by atoms with Gasteiger partial charge in [-0.1, -0.05) is 19.4 Å². The molecule has 0 saturated carbocycles. The maximum atomic E-state index is 10.4. The minimum atomic E-state index is -0.269. The summed E-state index contributed by atoms with van der Waals surface area (Å²) in [6.45, 7) is 9.34. The number of hydrogen-bond acceptors (Lipinski definition) is 4. The highest BCUT2D eigenvalue weighted by Crippen LogP contribution is 2.02. The third kappa shape index (κ3) is 15.3. The first-order valence-electron chi connectivity index (χ1n) is 5.39. The van der Waals surface area contributed by atoms with Gasteiger partial charge < -0.3 is 14.3 Å². The van der Waals surface area contributed by atoms with E-state index < -0.39 is 0 Å². The number of ether oxygens (including phenoxy) is 2. The van der Waals surface area contributed by atoms with E-state index in [1.165, 1.54) is 13.8 Å². The van der Waals surface area contributed by atoms with E-state index in [1.807, 2.05) is 0 Å². The third-order valence-corrected chi connectivity index (χ3v) is 1.56. The molecule has 0 heterocycles. The molecule has 4 nitrogen and oxygen atoms in total. The van der Waals surface area contributed by atoms with Gasteiger partial charge in [0.25, 0.3) is 0 Å². The van der Waals surface area contributed by atoms with Gasteiger partial charge in [0.1, 0.15) is 12.9 Å². The van der Waals surface area contributed by atoms with Crippen LogP contribution in [0.4, 0.5) is 0 Å². The van der Waals surface area contributed by atoms with Crippen LogP contribution in [-0.2, 0) is 19.1 Å². The van der Waals surface area contributed by atoms with Crippen molar-refractivity contribution in [3.63, 3.8) is 0 Å². The molecular formula is C12H22O4. The Labute approximate surface area is 97.6 Å². The van der Waals surface area contributed by atoms with Gasteiger partial charge in [0, 0.05) is 6.92 Å². The molecule has 4 heteroatoms. The zero-order valence-electron chi connectivity index (χ0n) is 10.4. The molecule has 0 aliphatic carbocycles. The summed E-state index contributed by atoms with van der Waals surface area (Å²) in [6.07, 6.45) is 4.63. The van der Waals surface area contributed by atoms with Crippen LogP contribution in [0.15, 0.2) is 12.7 Å². The quantitative estimate of drug-likeness (QED) is 0.291. The van der Waals surface area contributed by atoms with Gasteiger partial charge in [0.05, 0.1) is 12.7 Å². The summed E-state index contributed by atoms with van der Waals surface area (Å²) >= 11 is 0. The molecule has 94 valence electrons. The van der Waals surface area contributed by atoms with Crippen molar-refractivity contribution in [2.75, 3.05) is 13.2 Å². The number of carbonyl (C=O) groups is 2. The minimum absolute atomic E-state index is 0.0839. The minimum Gasteiger partial charge on any atom is -0.463 e. The fraction of sp³-hybridized carbons (Fsp3) is 0.667. The topological polar surface area (TPSA) is 52.6 Å². The molecule has 0 aliphatic heterocycles. The van der Waals surface area contributed by atoms with Crippen LogP contribution in [0.25, 0.3) is 0 Å². The standard InChI is InChI=1S/C10H18O3.C2H4O/c1-4-6-10(5-2)13-8-7-12-9(3)11;1-2-3/h5,10H,2,4,6-8H2,1,3H3;2H,1H3. The molecule has 0 rings (SSSR count). The second-order valence-electron chi connectivity index (χ2n) is 3.01. The van der Waals surface area contributed by atoms with Gasteiger partial charge >= 0.3 is 5.97 Å². The molecule has 0 amide bonds. The van der Waals surface area contributed by atoms with E-state index in [0.29, 0.717) is 13.2 Å². The van der Waals surface area contributed by atoms with E-state index in [-0.39, 0.29) is 12.1 Å². The molecule has 1 unspecified atom stereocenters. The van der Waals surface area contributed by atoms with E-state index >= 15 is 0 Å². The number of hydrogen-bond donors (Lipinski definition) is 0. The van der Waals surface area contributed by atoms with Crippen LogP contribution in [0.2, 0.25) is 0 Å². The van der Waals surface area contributed by atoms with Crippen LogP contribution in [0.5, 0.6) is 0 Å². The number of carbonyl (C=O) groups excluding carboxylic acids is 2. The molecule has 16 heavy (non-hydrogen) atoms. The molecule has 0 aliphatic rings. The molecule has 0 N–H and O–H groups in total. The summed E-state index contributed by atoms with van der Waals surface area (Å²) in [4.78, 5) is 19.2. The van der Waals surface area contributed by atoms with Crippen LogP contribution in [0.3, 0.4) is 0 Å². The normalized spacial score (nSPS) is 10.7. The number of rotatable bonds is 7. The Bertz CT molecular complexity index is 189. The molecule has 0 aromatic carbocycles. The van der Waals surface area contributed by atoms with Gasteiger partial charge in [0.2, 0.25) is 0 Å². The van der Waals surface area contributed by atoms with E-state index in [1.54, 1.807) is 6.08 Å².